The quantitative estimate of drug-likeness (QED) is 0.286. The maximum absolute atomic E-state index is 12.4. The minimum atomic E-state index is -4.04. The predicted octanol–water partition coefficient (Wildman–Crippen LogP) is 3.64. The molecule has 142 valence electrons. The van der Waals surface area contributed by atoms with Crippen LogP contribution < -0.4 is 9.92 Å². The van der Waals surface area contributed by atoms with Gasteiger partial charge in [-0.15, -0.1) is 0 Å². The Labute approximate surface area is 162 Å². The lowest BCUT2D eigenvalue weighted by Gasteiger charge is -2.08. The highest BCUT2D eigenvalue weighted by molar-refractivity contribution is 7.87. The minimum Gasteiger partial charge on any atom is -0.508 e. The van der Waals surface area contributed by atoms with Crippen LogP contribution in [-0.4, -0.2) is 19.3 Å². The number of ketones is 1. The second-order valence-electron chi connectivity index (χ2n) is 5.92. The number of hydrogen-bond acceptors (Lipinski definition) is 6. The molecule has 28 heavy (non-hydrogen) atoms. The van der Waals surface area contributed by atoms with Crippen molar-refractivity contribution in [2.75, 3.05) is 5.73 Å². The second-order valence-corrected chi connectivity index (χ2v) is 7.47. The molecule has 0 amide bonds. The first kappa shape index (κ1) is 19.2. The van der Waals surface area contributed by atoms with Crippen molar-refractivity contribution >= 4 is 27.7 Å². The summed E-state index contributed by atoms with van der Waals surface area (Å²) < 4.78 is 29.8. The van der Waals surface area contributed by atoms with Crippen molar-refractivity contribution in [3.05, 3.63) is 90.0 Å². The van der Waals surface area contributed by atoms with E-state index in [0.717, 1.165) is 5.56 Å². The summed E-state index contributed by atoms with van der Waals surface area (Å²) in [5, 5.41) is 9.27. The molecule has 6 nitrogen and oxygen atoms in total. The van der Waals surface area contributed by atoms with Gasteiger partial charge in [0.2, 0.25) is 0 Å². The van der Waals surface area contributed by atoms with Gasteiger partial charge in [-0.3, -0.25) is 4.79 Å². The summed E-state index contributed by atoms with van der Waals surface area (Å²) in [6.45, 7) is 0. The van der Waals surface area contributed by atoms with E-state index in [2.05, 4.69) is 0 Å². The summed E-state index contributed by atoms with van der Waals surface area (Å²) in [4.78, 5) is 12.3. The number of nitrogen functional groups attached to an aromatic ring is 1. The Hall–Kier alpha value is -3.58. The van der Waals surface area contributed by atoms with Crippen LogP contribution in [0.1, 0.15) is 15.9 Å². The van der Waals surface area contributed by atoms with Gasteiger partial charge in [-0.05, 0) is 60.2 Å². The molecule has 7 heteroatoms. The van der Waals surface area contributed by atoms with E-state index in [4.69, 9.17) is 9.92 Å². The average molecular weight is 395 g/mol. The van der Waals surface area contributed by atoms with Gasteiger partial charge >= 0.3 is 10.1 Å². The van der Waals surface area contributed by atoms with Crippen LogP contribution in [0.2, 0.25) is 0 Å². The fourth-order valence-corrected chi connectivity index (χ4v) is 3.29. The van der Waals surface area contributed by atoms with Crippen molar-refractivity contribution in [2.45, 2.75) is 4.90 Å². The van der Waals surface area contributed by atoms with Gasteiger partial charge in [-0.25, -0.2) is 0 Å². The van der Waals surface area contributed by atoms with E-state index in [0.29, 0.717) is 5.69 Å². The topological polar surface area (TPSA) is 107 Å². The molecule has 0 unspecified atom stereocenters. The van der Waals surface area contributed by atoms with E-state index in [1.54, 1.807) is 24.3 Å². The number of rotatable bonds is 6. The lowest BCUT2D eigenvalue weighted by Crippen LogP contribution is -2.10. The normalized spacial score (nSPS) is 11.4. The zero-order chi connectivity index (χ0) is 20.1. The predicted molar refractivity (Wildman–Crippen MR) is 107 cm³/mol. The van der Waals surface area contributed by atoms with E-state index in [9.17, 15) is 18.3 Å². The molecule has 0 aliphatic rings. The zero-order valence-electron chi connectivity index (χ0n) is 14.6. The molecular formula is C21H17NO5S. The molecule has 0 aliphatic heterocycles. The highest BCUT2D eigenvalue weighted by Crippen LogP contribution is 2.21. The first-order chi connectivity index (χ1) is 13.3. The van der Waals surface area contributed by atoms with Gasteiger partial charge in [0, 0.05) is 11.3 Å². The highest BCUT2D eigenvalue weighted by Gasteiger charge is 2.17. The van der Waals surface area contributed by atoms with E-state index < -0.39 is 10.1 Å². The summed E-state index contributed by atoms with van der Waals surface area (Å²) in [7, 11) is -4.04. The van der Waals surface area contributed by atoms with Crippen molar-refractivity contribution in [3.63, 3.8) is 0 Å². The molecule has 0 saturated carbocycles. The molecular weight excluding hydrogens is 378 g/mol. The van der Waals surface area contributed by atoms with E-state index in [1.165, 1.54) is 60.7 Å². The SMILES string of the molecule is Nc1ccc(S(=O)(=O)Oc2cccc(C(=O)/C=C/c3ccc(O)cc3)c2)cc1. The Bertz CT molecular complexity index is 1120. The van der Waals surface area contributed by atoms with Gasteiger partial charge in [0.15, 0.2) is 5.78 Å². The molecule has 0 radical (unpaired) electrons. The van der Waals surface area contributed by atoms with Gasteiger partial charge in [0.05, 0.1) is 0 Å². The van der Waals surface area contributed by atoms with Crippen molar-refractivity contribution in [1.29, 1.82) is 0 Å². The number of anilines is 1. The molecule has 3 aromatic rings. The molecule has 0 bridgehead atoms. The monoisotopic (exact) mass is 395 g/mol. The lowest BCUT2D eigenvalue weighted by atomic mass is 10.1. The number of carbonyl (C=O) groups is 1. The molecule has 0 saturated heterocycles. The van der Waals surface area contributed by atoms with Crippen molar-refractivity contribution in [1.82, 2.24) is 0 Å². The van der Waals surface area contributed by atoms with Crippen molar-refractivity contribution in [3.8, 4) is 11.5 Å². The summed E-state index contributed by atoms with van der Waals surface area (Å²) in [6.07, 6.45) is 2.96. The molecule has 3 aromatic carbocycles. The fourth-order valence-electron chi connectivity index (χ4n) is 2.36. The smallest absolute Gasteiger partial charge is 0.339 e. The first-order valence-corrected chi connectivity index (χ1v) is 9.66. The number of benzene rings is 3. The molecule has 0 aliphatic carbocycles. The third kappa shape index (κ3) is 4.77. The number of nitrogens with two attached hydrogens (primary N) is 1. The maximum atomic E-state index is 12.4. The molecule has 3 N–H and O–H groups in total. The number of hydrogen-bond donors (Lipinski definition) is 2. The number of phenols is 1. The molecule has 0 fully saturated rings. The van der Waals surface area contributed by atoms with E-state index in [1.807, 2.05) is 0 Å². The number of carbonyl (C=O) groups excluding carboxylic acids is 1. The summed E-state index contributed by atoms with van der Waals surface area (Å²) >= 11 is 0. The Morgan fingerprint density at radius 3 is 2.32 bits per heavy atom. The Morgan fingerprint density at radius 1 is 0.964 bits per heavy atom. The molecule has 3 rings (SSSR count). The zero-order valence-corrected chi connectivity index (χ0v) is 15.5. The van der Waals surface area contributed by atoms with Gasteiger partial charge in [0.25, 0.3) is 0 Å². The molecule has 0 atom stereocenters. The third-order valence-corrected chi connectivity index (χ3v) is 5.07. The molecule has 0 heterocycles. The maximum Gasteiger partial charge on any atom is 0.339 e. The average Bonchev–Trinajstić information content (AvgIpc) is 2.67. The van der Waals surface area contributed by atoms with Gasteiger partial charge < -0.3 is 15.0 Å². The number of allylic oxidation sites excluding steroid dienone is 1. The number of aromatic hydroxyl groups is 1. The van der Waals surface area contributed by atoms with Crippen LogP contribution in [0.5, 0.6) is 11.5 Å². The summed E-state index contributed by atoms with van der Waals surface area (Å²) in [5.74, 6) is -0.153. The Balaban J connectivity index is 1.77. The third-order valence-electron chi connectivity index (χ3n) is 3.81. The van der Waals surface area contributed by atoms with Crippen LogP contribution in [0.3, 0.4) is 0 Å². The van der Waals surface area contributed by atoms with Gasteiger partial charge in [-0.1, -0.05) is 30.3 Å². The second kappa shape index (κ2) is 7.98. The van der Waals surface area contributed by atoms with Crippen LogP contribution in [0.4, 0.5) is 5.69 Å². The Morgan fingerprint density at radius 2 is 1.64 bits per heavy atom. The van der Waals surface area contributed by atoms with Gasteiger partial charge in [0.1, 0.15) is 16.4 Å². The van der Waals surface area contributed by atoms with Crippen LogP contribution in [0.25, 0.3) is 6.08 Å². The number of phenolic OH excluding ortho intramolecular Hbond substituents is 1. The van der Waals surface area contributed by atoms with E-state index in [-0.39, 0.29) is 27.7 Å². The lowest BCUT2D eigenvalue weighted by molar-refractivity contribution is 0.104. The molecule has 0 spiro atoms. The van der Waals surface area contributed by atoms with Crippen LogP contribution in [-0.2, 0) is 10.1 Å². The van der Waals surface area contributed by atoms with Crippen LogP contribution in [0, 0.1) is 0 Å². The van der Waals surface area contributed by atoms with E-state index >= 15 is 0 Å². The fraction of sp³-hybridized carbons (Fsp3) is 0. The van der Waals surface area contributed by atoms with Crippen LogP contribution in [0.15, 0.2) is 83.8 Å². The first-order valence-electron chi connectivity index (χ1n) is 8.25. The molecule has 0 aromatic heterocycles. The minimum absolute atomic E-state index is 0.0284. The largest absolute Gasteiger partial charge is 0.508 e. The Kier molecular flexibility index (Phi) is 5.47. The van der Waals surface area contributed by atoms with Gasteiger partial charge in [-0.2, -0.15) is 8.42 Å². The standard InChI is InChI=1S/C21H17NO5S/c22-17-7-11-20(12-8-17)28(25,26)27-19-3-1-2-16(14-19)21(24)13-6-15-4-9-18(23)10-5-15/h1-14,23H,22H2/b13-6+. The van der Waals surface area contributed by atoms with Crippen molar-refractivity contribution in [2.24, 2.45) is 0 Å². The summed E-state index contributed by atoms with van der Waals surface area (Å²) in [6, 6.07) is 17.9. The van der Waals surface area contributed by atoms with Crippen molar-refractivity contribution < 1.29 is 22.5 Å². The highest BCUT2D eigenvalue weighted by atomic mass is 32.2. The van der Waals surface area contributed by atoms with Crippen LogP contribution >= 0.6 is 0 Å². The summed E-state index contributed by atoms with van der Waals surface area (Å²) in [5.41, 5.74) is 7.02.